The summed E-state index contributed by atoms with van der Waals surface area (Å²) in [5.41, 5.74) is 2.34. The maximum absolute atomic E-state index is 5.89. The van der Waals surface area contributed by atoms with Crippen molar-refractivity contribution in [1.29, 1.82) is 0 Å². The predicted molar refractivity (Wildman–Crippen MR) is 62.8 cm³/mol. The Morgan fingerprint density at radius 3 is 2.88 bits per heavy atom. The molecule has 1 aliphatic carbocycles. The normalized spacial score (nSPS) is 26.8. The van der Waals surface area contributed by atoms with Crippen molar-refractivity contribution in [3.8, 4) is 0 Å². The van der Waals surface area contributed by atoms with Gasteiger partial charge in [0.05, 0.1) is 18.9 Å². The molecule has 3 rings (SSSR count). The molecule has 2 heterocycles. The summed E-state index contributed by atoms with van der Waals surface area (Å²) in [7, 11) is 0. The molecule has 0 N–H and O–H groups in total. The molecule has 1 aromatic rings. The van der Waals surface area contributed by atoms with Gasteiger partial charge in [-0.2, -0.15) is 0 Å². The van der Waals surface area contributed by atoms with Gasteiger partial charge in [0.15, 0.2) is 5.79 Å². The van der Waals surface area contributed by atoms with Crippen LogP contribution in [0.4, 0.5) is 0 Å². The van der Waals surface area contributed by atoms with E-state index in [0.717, 1.165) is 38.3 Å². The maximum Gasteiger partial charge on any atom is 0.173 e. The molecule has 1 fully saturated rings. The Morgan fingerprint density at radius 2 is 2.12 bits per heavy atom. The van der Waals surface area contributed by atoms with Crippen LogP contribution in [0, 0.1) is 6.92 Å². The van der Waals surface area contributed by atoms with Gasteiger partial charge in [-0.3, -0.25) is 0 Å². The zero-order valence-electron chi connectivity index (χ0n) is 10.4. The zero-order chi connectivity index (χ0) is 11.9. The number of nitrogens with zero attached hydrogens (tertiary/aromatic N) is 2. The monoisotopic (exact) mass is 234 g/mol. The molecule has 17 heavy (non-hydrogen) atoms. The van der Waals surface area contributed by atoms with Gasteiger partial charge in [0.1, 0.15) is 5.82 Å². The SMILES string of the molecule is Cc1ncc2c(n1)C(C)CC1(C2)OCCCO1. The van der Waals surface area contributed by atoms with Gasteiger partial charge in [-0.15, -0.1) is 0 Å². The van der Waals surface area contributed by atoms with Gasteiger partial charge >= 0.3 is 0 Å². The molecular weight excluding hydrogens is 216 g/mol. The highest BCUT2D eigenvalue weighted by Gasteiger charge is 2.41. The Labute approximate surface area is 101 Å². The first-order chi connectivity index (χ1) is 8.19. The number of aryl methyl sites for hydroxylation is 1. The van der Waals surface area contributed by atoms with E-state index in [1.165, 1.54) is 11.3 Å². The van der Waals surface area contributed by atoms with E-state index in [1.54, 1.807) is 0 Å². The lowest BCUT2D eigenvalue weighted by Gasteiger charge is -2.42. The van der Waals surface area contributed by atoms with Crippen LogP contribution in [0.1, 0.15) is 42.8 Å². The first kappa shape index (κ1) is 11.1. The summed E-state index contributed by atoms with van der Waals surface area (Å²) in [5.74, 6) is 0.805. The van der Waals surface area contributed by atoms with Crippen LogP contribution in [0.25, 0.3) is 0 Å². The Hall–Kier alpha value is -1.00. The van der Waals surface area contributed by atoms with E-state index in [4.69, 9.17) is 9.47 Å². The van der Waals surface area contributed by atoms with Crippen molar-refractivity contribution in [1.82, 2.24) is 9.97 Å². The molecule has 2 aliphatic rings. The van der Waals surface area contributed by atoms with Crippen molar-refractivity contribution < 1.29 is 9.47 Å². The Kier molecular flexibility index (Phi) is 2.64. The first-order valence-electron chi connectivity index (χ1n) is 6.29. The van der Waals surface area contributed by atoms with Crippen molar-refractivity contribution in [2.45, 2.75) is 44.8 Å². The Balaban J connectivity index is 1.94. The van der Waals surface area contributed by atoms with E-state index in [1.807, 2.05) is 13.1 Å². The van der Waals surface area contributed by atoms with Gasteiger partial charge in [-0.25, -0.2) is 9.97 Å². The molecule has 0 amide bonds. The van der Waals surface area contributed by atoms with E-state index in [-0.39, 0.29) is 0 Å². The summed E-state index contributed by atoms with van der Waals surface area (Å²) < 4.78 is 11.8. The third-order valence-corrected chi connectivity index (χ3v) is 3.58. The lowest BCUT2D eigenvalue weighted by Crippen LogP contribution is -2.46. The van der Waals surface area contributed by atoms with Crippen LogP contribution in [-0.2, 0) is 15.9 Å². The second-order valence-electron chi connectivity index (χ2n) is 5.07. The van der Waals surface area contributed by atoms with Gasteiger partial charge in [-0.05, 0) is 18.9 Å². The number of fused-ring (bicyclic) bond motifs is 1. The van der Waals surface area contributed by atoms with E-state index in [9.17, 15) is 0 Å². The minimum atomic E-state index is -0.413. The summed E-state index contributed by atoms with van der Waals surface area (Å²) in [6.07, 6.45) is 4.60. The summed E-state index contributed by atoms with van der Waals surface area (Å²) in [5, 5.41) is 0. The lowest BCUT2D eigenvalue weighted by molar-refractivity contribution is -0.273. The molecule has 1 aliphatic heterocycles. The molecule has 0 bridgehead atoms. The lowest BCUT2D eigenvalue weighted by atomic mass is 9.83. The number of ether oxygens (including phenoxy) is 2. The molecule has 0 aromatic carbocycles. The van der Waals surface area contributed by atoms with Crippen LogP contribution in [0.5, 0.6) is 0 Å². The second kappa shape index (κ2) is 4.03. The molecule has 92 valence electrons. The summed E-state index contributed by atoms with van der Waals surface area (Å²) in [6.45, 7) is 5.72. The average molecular weight is 234 g/mol. The number of hydrogen-bond donors (Lipinski definition) is 0. The minimum absolute atomic E-state index is 0.374. The minimum Gasteiger partial charge on any atom is -0.349 e. The molecular formula is C13H18N2O2. The maximum atomic E-state index is 5.89. The molecule has 0 radical (unpaired) electrons. The van der Waals surface area contributed by atoms with Crippen molar-refractivity contribution in [3.05, 3.63) is 23.3 Å². The summed E-state index contributed by atoms with van der Waals surface area (Å²) in [6, 6.07) is 0. The van der Waals surface area contributed by atoms with E-state index < -0.39 is 5.79 Å². The standard InChI is InChI=1S/C13H18N2O2/c1-9-6-13(16-4-3-5-17-13)7-11-8-14-10(2)15-12(9)11/h8-9H,3-7H2,1-2H3. The highest BCUT2D eigenvalue weighted by molar-refractivity contribution is 5.26. The van der Waals surface area contributed by atoms with Crippen LogP contribution in [0.3, 0.4) is 0 Å². The highest BCUT2D eigenvalue weighted by atomic mass is 16.7. The second-order valence-corrected chi connectivity index (χ2v) is 5.07. The average Bonchev–Trinajstić information content (AvgIpc) is 2.31. The van der Waals surface area contributed by atoms with Gasteiger partial charge in [-0.1, -0.05) is 6.92 Å². The van der Waals surface area contributed by atoms with Gasteiger partial charge in [0.25, 0.3) is 0 Å². The fraction of sp³-hybridized carbons (Fsp3) is 0.692. The van der Waals surface area contributed by atoms with E-state index >= 15 is 0 Å². The fourth-order valence-corrected chi connectivity index (χ4v) is 2.84. The zero-order valence-corrected chi connectivity index (χ0v) is 10.4. The number of rotatable bonds is 0. The van der Waals surface area contributed by atoms with Crippen molar-refractivity contribution in [2.75, 3.05) is 13.2 Å². The first-order valence-corrected chi connectivity index (χ1v) is 6.29. The van der Waals surface area contributed by atoms with Gasteiger partial charge in [0, 0.05) is 25.0 Å². The van der Waals surface area contributed by atoms with Crippen LogP contribution in [0.2, 0.25) is 0 Å². The molecule has 1 spiro atoms. The molecule has 1 unspecified atom stereocenters. The molecule has 1 aromatic heterocycles. The summed E-state index contributed by atoms with van der Waals surface area (Å²) in [4.78, 5) is 8.83. The van der Waals surface area contributed by atoms with Crippen molar-refractivity contribution in [3.63, 3.8) is 0 Å². The smallest absolute Gasteiger partial charge is 0.173 e. The third kappa shape index (κ3) is 1.96. The van der Waals surface area contributed by atoms with Gasteiger partial charge < -0.3 is 9.47 Å². The Bertz CT molecular complexity index is 427. The molecule has 1 saturated heterocycles. The Morgan fingerprint density at radius 1 is 1.35 bits per heavy atom. The van der Waals surface area contributed by atoms with Crippen LogP contribution < -0.4 is 0 Å². The van der Waals surface area contributed by atoms with E-state index in [0.29, 0.717) is 5.92 Å². The number of aromatic nitrogens is 2. The van der Waals surface area contributed by atoms with Crippen molar-refractivity contribution >= 4 is 0 Å². The molecule has 4 nitrogen and oxygen atoms in total. The van der Waals surface area contributed by atoms with Crippen LogP contribution >= 0.6 is 0 Å². The van der Waals surface area contributed by atoms with Crippen molar-refractivity contribution in [2.24, 2.45) is 0 Å². The highest BCUT2D eigenvalue weighted by Crippen LogP contribution is 2.39. The predicted octanol–water partition coefficient (Wildman–Crippen LogP) is 1.97. The van der Waals surface area contributed by atoms with Crippen LogP contribution in [0.15, 0.2) is 6.20 Å². The van der Waals surface area contributed by atoms with Gasteiger partial charge in [0.2, 0.25) is 0 Å². The molecule has 4 heteroatoms. The largest absolute Gasteiger partial charge is 0.349 e. The topological polar surface area (TPSA) is 44.2 Å². The quantitative estimate of drug-likeness (QED) is 0.688. The fourth-order valence-electron chi connectivity index (χ4n) is 2.84. The van der Waals surface area contributed by atoms with Crippen LogP contribution in [-0.4, -0.2) is 29.0 Å². The van der Waals surface area contributed by atoms with E-state index in [2.05, 4.69) is 16.9 Å². The molecule has 0 saturated carbocycles. The third-order valence-electron chi connectivity index (χ3n) is 3.58. The summed E-state index contributed by atoms with van der Waals surface area (Å²) >= 11 is 0. The molecule has 1 atom stereocenters. The number of hydrogen-bond acceptors (Lipinski definition) is 4.